The zero-order valence-electron chi connectivity index (χ0n) is 17.9. The summed E-state index contributed by atoms with van der Waals surface area (Å²) in [5.74, 6) is 0.474. The van der Waals surface area contributed by atoms with Gasteiger partial charge in [-0.2, -0.15) is 5.10 Å². The van der Waals surface area contributed by atoms with Crippen molar-refractivity contribution in [2.75, 3.05) is 25.9 Å². The smallest absolute Gasteiger partial charge is 0.274 e. The molecule has 0 N–H and O–H groups in total. The molecule has 0 bridgehead atoms. The Balaban J connectivity index is 1.56. The molecule has 10 heteroatoms. The number of hydrogen-bond acceptors (Lipinski definition) is 5. The number of halogens is 1. The van der Waals surface area contributed by atoms with Crippen LogP contribution in [0.5, 0.6) is 0 Å². The monoisotopic (exact) mass is 476 g/mol. The molecule has 0 spiro atoms. The van der Waals surface area contributed by atoms with E-state index in [0.717, 1.165) is 5.69 Å². The highest BCUT2D eigenvalue weighted by Crippen LogP contribution is 2.27. The van der Waals surface area contributed by atoms with Crippen molar-refractivity contribution in [3.8, 4) is 17.1 Å². The van der Waals surface area contributed by atoms with E-state index in [0.29, 0.717) is 48.1 Å². The number of hydrogen-bond donors (Lipinski definition) is 0. The van der Waals surface area contributed by atoms with Gasteiger partial charge in [0.25, 0.3) is 5.91 Å². The molecule has 0 radical (unpaired) electrons. The van der Waals surface area contributed by atoms with E-state index in [1.165, 1.54) is 4.31 Å². The van der Waals surface area contributed by atoms with Crippen LogP contribution in [0.3, 0.4) is 0 Å². The van der Waals surface area contributed by atoms with Gasteiger partial charge in [-0.3, -0.25) is 4.79 Å². The third kappa shape index (κ3) is 4.46. The average Bonchev–Trinajstić information content (AvgIpc) is 3.49. The second-order valence-corrected chi connectivity index (χ2v) is 10.5. The molecule has 1 saturated heterocycles. The zero-order valence-corrected chi connectivity index (χ0v) is 19.5. The maximum Gasteiger partial charge on any atom is 0.274 e. The Morgan fingerprint density at radius 2 is 1.91 bits per heavy atom. The minimum Gasteiger partial charge on any atom is -0.463 e. The number of piperidine rings is 1. The highest BCUT2D eigenvalue weighted by atomic mass is 35.5. The van der Waals surface area contributed by atoms with E-state index in [2.05, 4.69) is 5.10 Å². The molecule has 32 heavy (non-hydrogen) atoms. The first-order valence-corrected chi connectivity index (χ1v) is 12.4. The maximum atomic E-state index is 13.2. The fraction of sp³-hybridized carbons (Fsp3) is 0.364. The Hall–Kier alpha value is -2.62. The fourth-order valence-corrected chi connectivity index (χ4v) is 5.09. The minimum absolute atomic E-state index is 0.0698. The molecule has 1 aliphatic rings. The molecule has 4 rings (SSSR count). The topological polar surface area (TPSA) is 88.7 Å². The summed E-state index contributed by atoms with van der Waals surface area (Å²) >= 11 is 6.02. The normalized spacial score (nSPS) is 15.4. The van der Waals surface area contributed by atoms with Crippen LogP contribution in [0, 0.1) is 0 Å². The van der Waals surface area contributed by atoms with Crippen molar-refractivity contribution in [3.63, 3.8) is 0 Å². The summed E-state index contributed by atoms with van der Waals surface area (Å²) in [5, 5.41) is 5.17. The van der Waals surface area contributed by atoms with Gasteiger partial charge in [-0.15, -0.1) is 0 Å². The van der Waals surface area contributed by atoms with Gasteiger partial charge in [0.1, 0.15) is 5.69 Å². The van der Waals surface area contributed by atoms with Crippen LogP contribution in [-0.4, -0.2) is 65.2 Å². The number of amides is 1. The summed E-state index contributed by atoms with van der Waals surface area (Å²) < 4.78 is 33.0. The van der Waals surface area contributed by atoms with Gasteiger partial charge in [-0.1, -0.05) is 11.6 Å². The molecule has 0 unspecified atom stereocenters. The van der Waals surface area contributed by atoms with Crippen LogP contribution >= 0.6 is 11.6 Å². The molecule has 1 fully saturated rings. The van der Waals surface area contributed by atoms with E-state index in [1.54, 1.807) is 54.1 Å². The van der Waals surface area contributed by atoms with E-state index in [1.807, 2.05) is 18.2 Å². The van der Waals surface area contributed by atoms with Gasteiger partial charge in [0.05, 0.1) is 17.7 Å². The number of benzene rings is 1. The summed E-state index contributed by atoms with van der Waals surface area (Å²) in [6, 6.07) is 12.4. The van der Waals surface area contributed by atoms with Crippen LogP contribution in [0.15, 0.2) is 53.1 Å². The SMILES string of the molecule is CCS(=O)(=O)N(C)C1CCN(C(=O)c2cc(-c3ccco3)n(-c3ccc(Cl)cc3)n2)CC1. The third-order valence-electron chi connectivity index (χ3n) is 5.84. The van der Waals surface area contributed by atoms with Gasteiger partial charge in [0, 0.05) is 37.3 Å². The molecule has 3 heterocycles. The molecule has 0 atom stereocenters. The Morgan fingerprint density at radius 3 is 2.50 bits per heavy atom. The number of furan rings is 1. The van der Waals surface area contributed by atoms with Gasteiger partial charge in [0.15, 0.2) is 11.5 Å². The fourth-order valence-electron chi connectivity index (χ4n) is 3.89. The summed E-state index contributed by atoms with van der Waals surface area (Å²) in [7, 11) is -1.64. The second kappa shape index (κ2) is 9.09. The highest BCUT2D eigenvalue weighted by molar-refractivity contribution is 7.89. The number of carbonyl (C=O) groups is 1. The second-order valence-electron chi connectivity index (χ2n) is 7.72. The Labute approximate surface area is 192 Å². The lowest BCUT2D eigenvalue weighted by molar-refractivity contribution is 0.0679. The standard InChI is InChI=1S/C22H25ClN4O4S/c1-3-32(29,30)25(2)17-10-12-26(13-11-17)22(28)19-15-20(21-5-4-14-31-21)27(24-19)18-8-6-16(23)7-9-18/h4-9,14-15,17H,3,10-13H2,1-2H3. The van der Waals surface area contributed by atoms with Gasteiger partial charge >= 0.3 is 0 Å². The number of carbonyl (C=O) groups excluding carboxylic acids is 1. The van der Waals surface area contributed by atoms with Crippen molar-refractivity contribution >= 4 is 27.5 Å². The molecule has 170 valence electrons. The summed E-state index contributed by atoms with van der Waals surface area (Å²) in [5.41, 5.74) is 1.72. The van der Waals surface area contributed by atoms with Crippen LogP contribution in [-0.2, 0) is 10.0 Å². The van der Waals surface area contributed by atoms with Crippen molar-refractivity contribution in [1.82, 2.24) is 19.0 Å². The first-order chi connectivity index (χ1) is 15.3. The van der Waals surface area contributed by atoms with Gasteiger partial charge in [-0.05, 0) is 56.2 Å². The van der Waals surface area contributed by atoms with E-state index >= 15 is 0 Å². The van der Waals surface area contributed by atoms with Crippen LogP contribution < -0.4 is 0 Å². The average molecular weight is 477 g/mol. The number of rotatable bonds is 6. The minimum atomic E-state index is -3.25. The van der Waals surface area contributed by atoms with E-state index < -0.39 is 10.0 Å². The van der Waals surface area contributed by atoms with Crippen LogP contribution in [0.4, 0.5) is 0 Å². The Kier molecular flexibility index (Phi) is 6.41. The van der Waals surface area contributed by atoms with Crippen LogP contribution in [0.25, 0.3) is 17.1 Å². The van der Waals surface area contributed by atoms with Gasteiger partial charge in [-0.25, -0.2) is 17.4 Å². The molecule has 2 aromatic heterocycles. The van der Waals surface area contributed by atoms with E-state index in [-0.39, 0.29) is 17.7 Å². The molecule has 0 saturated carbocycles. The van der Waals surface area contributed by atoms with Crippen molar-refractivity contribution in [1.29, 1.82) is 0 Å². The number of sulfonamides is 1. The molecule has 3 aromatic rings. The predicted octanol–water partition coefficient (Wildman–Crippen LogP) is 3.67. The molecule has 8 nitrogen and oxygen atoms in total. The summed E-state index contributed by atoms with van der Waals surface area (Å²) in [4.78, 5) is 14.9. The first kappa shape index (κ1) is 22.6. The maximum absolute atomic E-state index is 13.2. The van der Waals surface area contributed by atoms with Crippen molar-refractivity contribution < 1.29 is 17.6 Å². The lowest BCUT2D eigenvalue weighted by Gasteiger charge is -2.35. The van der Waals surface area contributed by atoms with Crippen LogP contribution in [0.1, 0.15) is 30.3 Å². The summed E-state index contributed by atoms with van der Waals surface area (Å²) in [6.45, 7) is 2.58. The zero-order chi connectivity index (χ0) is 22.9. The molecule has 1 aromatic carbocycles. The lowest BCUT2D eigenvalue weighted by atomic mass is 10.0. The molecular weight excluding hydrogens is 452 g/mol. The molecule has 1 aliphatic heterocycles. The highest BCUT2D eigenvalue weighted by Gasteiger charge is 2.31. The van der Waals surface area contributed by atoms with Gasteiger partial charge in [0.2, 0.25) is 10.0 Å². The quantitative estimate of drug-likeness (QED) is 0.541. The Bertz CT molecular complexity index is 1180. The van der Waals surface area contributed by atoms with Gasteiger partial charge < -0.3 is 9.32 Å². The van der Waals surface area contributed by atoms with E-state index in [9.17, 15) is 13.2 Å². The number of likely N-dealkylation sites (tertiary alicyclic amines) is 1. The Morgan fingerprint density at radius 1 is 1.22 bits per heavy atom. The molecule has 0 aliphatic carbocycles. The third-order valence-corrected chi connectivity index (χ3v) is 8.00. The van der Waals surface area contributed by atoms with Crippen molar-refractivity contribution in [2.45, 2.75) is 25.8 Å². The summed E-state index contributed by atoms with van der Waals surface area (Å²) in [6.07, 6.45) is 2.75. The number of aromatic nitrogens is 2. The largest absolute Gasteiger partial charge is 0.463 e. The van der Waals surface area contributed by atoms with E-state index in [4.69, 9.17) is 16.0 Å². The first-order valence-electron chi connectivity index (χ1n) is 10.4. The predicted molar refractivity (Wildman–Crippen MR) is 122 cm³/mol. The van der Waals surface area contributed by atoms with Crippen molar-refractivity contribution in [3.05, 3.63) is 59.4 Å². The molecule has 1 amide bonds. The number of nitrogens with zero attached hydrogens (tertiary/aromatic N) is 4. The molecular formula is C22H25ClN4O4S. The van der Waals surface area contributed by atoms with Crippen molar-refractivity contribution in [2.24, 2.45) is 0 Å². The lowest BCUT2D eigenvalue weighted by Crippen LogP contribution is -2.47. The van der Waals surface area contributed by atoms with Crippen LogP contribution in [0.2, 0.25) is 5.02 Å².